The molecule has 3 aliphatic heterocycles. The number of amides is 2. The summed E-state index contributed by atoms with van der Waals surface area (Å²) in [6.07, 6.45) is 0.779. The van der Waals surface area contributed by atoms with E-state index in [1.54, 1.807) is 29.4 Å². The molecule has 2 amide bonds. The number of thioether (sulfide) groups is 1. The smallest absolute Gasteiger partial charge is 0.414 e. The number of benzene rings is 2. The first-order chi connectivity index (χ1) is 18.2. The number of fused-ring (bicyclic) bond motifs is 1. The molecule has 2 aromatic carbocycles. The van der Waals surface area contributed by atoms with Crippen LogP contribution in [0.4, 0.5) is 16.2 Å². The molecule has 38 heavy (non-hydrogen) atoms. The number of ether oxygens (including phenoxy) is 1. The first-order valence-electron chi connectivity index (χ1n) is 12.9. The van der Waals surface area contributed by atoms with Crippen LogP contribution in [0.1, 0.15) is 44.3 Å². The van der Waals surface area contributed by atoms with Crippen molar-refractivity contribution in [2.24, 2.45) is 0 Å². The standard InChI is InChI=1S/C28H30N4O5S/c1-28(2,36)26-24(19-7-3-5-16-8-11-23(34)32(26)25(16)19)29-12-4-6-18-14-31(27(35)37-18)17-9-10-21-20(13-17)30-22(33)15-38-21/h3,5,7-11,13,18,24,26,29,36H,4,6,12,14-15H2,1-2H3,(H,30,33)/t18-,24+,26+/m1/s1. The number of carbonyl (C=O) groups is 2. The first kappa shape index (κ1) is 25.0. The number of aromatic nitrogens is 1. The minimum atomic E-state index is -1.12. The van der Waals surface area contributed by atoms with Crippen LogP contribution in [0, 0.1) is 0 Å². The largest absolute Gasteiger partial charge is 0.444 e. The van der Waals surface area contributed by atoms with Crippen LogP contribution in [0.2, 0.25) is 0 Å². The fourth-order valence-electron chi connectivity index (χ4n) is 5.84. The molecule has 10 heteroatoms. The Balaban J connectivity index is 1.11. The Kier molecular flexibility index (Phi) is 6.20. The highest BCUT2D eigenvalue weighted by Crippen LogP contribution is 2.44. The van der Waals surface area contributed by atoms with Gasteiger partial charge in [0.25, 0.3) is 5.56 Å². The van der Waals surface area contributed by atoms with Gasteiger partial charge >= 0.3 is 6.09 Å². The van der Waals surface area contributed by atoms with Crippen molar-refractivity contribution in [1.82, 2.24) is 9.88 Å². The number of carbonyl (C=O) groups excluding carboxylic acids is 2. The molecule has 0 spiro atoms. The molecule has 4 heterocycles. The van der Waals surface area contributed by atoms with Crippen molar-refractivity contribution in [2.75, 3.05) is 29.1 Å². The molecule has 0 saturated carbocycles. The van der Waals surface area contributed by atoms with E-state index < -0.39 is 17.7 Å². The van der Waals surface area contributed by atoms with Gasteiger partial charge < -0.3 is 25.0 Å². The van der Waals surface area contributed by atoms with Crippen molar-refractivity contribution >= 4 is 46.0 Å². The van der Waals surface area contributed by atoms with Crippen molar-refractivity contribution in [3.05, 3.63) is 64.4 Å². The summed E-state index contributed by atoms with van der Waals surface area (Å²) < 4.78 is 7.36. The minimum Gasteiger partial charge on any atom is -0.444 e. The van der Waals surface area contributed by atoms with E-state index in [1.807, 2.05) is 42.5 Å². The fourth-order valence-corrected chi connectivity index (χ4v) is 6.63. The molecular weight excluding hydrogens is 504 g/mol. The van der Waals surface area contributed by atoms with Gasteiger partial charge in [0.2, 0.25) is 5.91 Å². The third-order valence-corrected chi connectivity index (χ3v) is 8.56. The van der Waals surface area contributed by atoms with Gasteiger partial charge in [-0.2, -0.15) is 0 Å². The van der Waals surface area contributed by atoms with Crippen LogP contribution in [-0.2, 0) is 9.53 Å². The summed E-state index contributed by atoms with van der Waals surface area (Å²) in [7, 11) is 0. The van der Waals surface area contributed by atoms with Gasteiger partial charge in [-0.3, -0.25) is 14.5 Å². The summed E-state index contributed by atoms with van der Waals surface area (Å²) >= 11 is 1.48. The Morgan fingerprint density at radius 2 is 2.00 bits per heavy atom. The lowest BCUT2D eigenvalue weighted by Gasteiger charge is -2.33. The Morgan fingerprint density at radius 1 is 1.16 bits per heavy atom. The lowest BCUT2D eigenvalue weighted by Crippen LogP contribution is -2.43. The maximum atomic E-state index is 12.8. The monoisotopic (exact) mass is 534 g/mol. The molecule has 0 aliphatic carbocycles. The summed E-state index contributed by atoms with van der Waals surface area (Å²) in [5.74, 6) is 0.344. The number of pyridine rings is 1. The molecule has 0 unspecified atom stereocenters. The third-order valence-electron chi connectivity index (χ3n) is 7.48. The van der Waals surface area contributed by atoms with Crippen LogP contribution in [0.25, 0.3) is 10.9 Å². The van der Waals surface area contributed by atoms with Gasteiger partial charge in [0.15, 0.2) is 0 Å². The number of para-hydroxylation sites is 1. The second-order valence-electron chi connectivity index (χ2n) is 10.6. The molecule has 1 aromatic heterocycles. The van der Waals surface area contributed by atoms with Gasteiger partial charge in [-0.1, -0.05) is 18.2 Å². The minimum absolute atomic E-state index is 0.0488. The molecule has 3 N–H and O–H groups in total. The number of nitrogens with zero attached hydrogens (tertiary/aromatic N) is 2. The lowest BCUT2D eigenvalue weighted by molar-refractivity contribution is -0.113. The number of nitrogens with one attached hydrogen (secondary N) is 2. The summed E-state index contributed by atoms with van der Waals surface area (Å²) in [4.78, 5) is 39.8. The molecule has 3 aromatic rings. The molecule has 0 radical (unpaired) electrons. The summed E-state index contributed by atoms with van der Waals surface area (Å²) in [5.41, 5.74) is 2.04. The average Bonchev–Trinajstić information content (AvgIpc) is 3.42. The Bertz CT molecular complexity index is 1500. The van der Waals surface area contributed by atoms with E-state index >= 15 is 0 Å². The maximum Gasteiger partial charge on any atom is 0.414 e. The number of cyclic esters (lactones) is 1. The van der Waals surface area contributed by atoms with Gasteiger partial charge in [0.05, 0.1) is 41.2 Å². The van der Waals surface area contributed by atoms with Crippen molar-refractivity contribution in [1.29, 1.82) is 0 Å². The van der Waals surface area contributed by atoms with Crippen molar-refractivity contribution in [3.8, 4) is 0 Å². The predicted molar refractivity (Wildman–Crippen MR) is 147 cm³/mol. The molecule has 1 fully saturated rings. The molecule has 0 bridgehead atoms. The van der Waals surface area contributed by atoms with Crippen LogP contribution in [0.15, 0.2) is 58.2 Å². The van der Waals surface area contributed by atoms with E-state index in [0.717, 1.165) is 33.5 Å². The SMILES string of the molecule is CC(C)(O)[C@@H]1[C@@H](NCCC[C@@H]2CN(c3ccc4c(c3)NC(=O)CS4)C(=O)O2)c2cccc3ccc(=O)n1c23. The average molecular weight is 535 g/mol. The highest BCUT2D eigenvalue weighted by molar-refractivity contribution is 8.00. The molecule has 1 saturated heterocycles. The number of anilines is 2. The van der Waals surface area contributed by atoms with Crippen molar-refractivity contribution in [2.45, 2.75) is 55.4 Å². The zero-order chi connectivity index (χ0) is 26.6. The van der Waals surface area contributed by atoms with Gasteiger partial charge in [0.1, 0.15) is 6.10 Å². The van der Waals surface area contributed by atoms with E-state index in [4.69, 9.17) is 4.74 Å². The molecule has 9 nitrogen and oxygen atoms in total. The number of aliphatic hydroxyl groups is 1. The third kappa shape index (κ3) is 4.36. The van der Waals surface area contributed by atoms with Gasteiger partial charge in [0, 0.05) is 16.6 Å². The molecule has 198 valence electrons. The fraction of sp³-hybridized carbons (Fsp3) is 0.393. The Labute approximate surface area is 224 Å². The zero-order valence-electron chi connectivity index (χ0n) is 21.3. The van der Waals surface area contributed by atoms with Crippen molar-refractivity contribution < 1.29 is 19.4 Å². The summed E-state index contributed by atoms with van der Waals surface area (Å²) in [5, 5.41) is 18.4. The number of hydrogen-bond donors (Lipinski definition) is 3. The van der Waals surface area contributed by atoms with Gasteiger partial charge in [-0.15, -0.1) is 11.8 Å². The van der Waals surface area contributed by atoms with Crippen LogP contribution in [0.5, 0.6) is 0 Å². The second kappa shape index (κ2) is 9.44. The molecule has 3 aliphatic rings. The van der Waals surface area contributed by atoms with Crippen LogP contribution < -0.4 is 21.1 Å². The molecular formula is C28H30N4O5S. The highest BCUT2D eigenvalue weighted by atomic mass is 32.2. The lowest BCUT2D eigenvalue weighted by atomic mass is 9.90. The Hall–Kier alpha value is -3.34. The van der Waals surface area contributed by atoms with Gasteiger partial charge in [-0.05, 0) is 68.4 Å². The molecule has 6 rings (SSSR count). The van der Waals surface area contributed by atoms with E-state index in [0.29, 0.717) is 31.0 Å². The van der Waals surface area contributed by atoms with Crippen molar-refractivity contribution in [3.63, 3.8) is 0 Å². The summed E-state index contributed by atoms with van der Waals surface area (Å²) in [6, 6.07) is 14.3. The predicted octanol–water partition coefficient (Wildman–Crippen LogP) is 3.81. The van der Waals surface area contributed by atoms with E-state index in [9.17, 15) is 19.5 Å². The second-order valence-corrected chi connectivity index (χ2v) is 11.7. The zero-order valence-corrected chi connectivity index (χ0v) is 22.1. The van der Waals surface area contributed by atoms with Gasteiger partial charge in [-0.25, -0.2) is 4.79 Å². The van der Waals surface area contributed by atoms with Crippen LogP contribution in [-0.4, -0.2) is 52.2 Å². The van der Waals surface area contributed by atoms with E-state index in [2.05, 4.69) is 10.6 Å². The van der Waals surface area contributed by atoms with Crippen LogP contribution >= 0.6 is 11.8 Å². The van der Waals surface area contributed by atoms with Crippen LogP contribution in [0.3, 0.4) is 0 Å². The Morgan fingerprint density at radius 3 is 2.82 bits per heavy atom. The number of rotatable bonds is 7. The highest BCUT2D eigenvalue weighted by Gasteiger charge is 2.43. The van der Waals surface area contributed by atoms with E-state index in [-0.39, 0.29) is 23.6 Å². The topological polar surface area (TPSA) is 113 Å². The number of hydrogen-bond acceptors (Lipinski definition) is 7. The quantitative estimate of drug-likeness (QED) is 0.395. The first-order valence-corrected chi connectivity index (χ1v) is 13.8. The normalized spacial score (nSPS) is 22.5. The summed E-state index contributed by atoms with van der Waals surface area (Å²) in [6.45, 7) is 4.54. The van der Waals surface area contributed by atoms with E-state index in [1.165, 1.54) is 11.8 Å². The maximum absolute atomic E-state index is 12.8. The molecule has 3 atom stereocenters.